The summed E-state index contributed by atoms with van der Waals surface area (Å²) in [6.45, 7) is 6.24. The lowest BCUT2D eigenvalue weighted by Crippen LogP contribution is -2.31. The third-order valence-electron chi connectivity index (χ3n) is 4.17. The van der Waals surface area contributed by atoms with Gasteiger partial charge in [0.15, 0.2) is 0 Å². The van der Waals surface area contributed by atoms with Crippen LogP contribution in [0.2, 0.25) is 0 Å². The topological polar surface area (TPSA) is 29.9 Å². The quantitative estimate of drug-likeness (QED) is 0.809. The van der Waals surface area contributed by atoms with Gasteiger partial charge in [0, 0.05) is 24.7 Å². The third kappa shape index (κ3) is 4.22. The van der Waals surface area contributed by atoms with Gasteiger partial charge in [-0.3, -0.25) is 4.68 Å². The van der Waals surface area contributed by atoms with Crippen LogP contribution in [0.5, 0.6) is 0 Å². The number of nitrogens with one attached hydrogen (secondary N) is 1. The maximum atomic E-state index is 6.07. The fraction of sp³-hybridized carbons (Fsp3) is 0.800. The van der Waals surface area contributed by atoms with Crippen LogP contribution in [0.1, 0.15) is 51.3 Å². The Morgan fingerprint density at radius 2 is 2.11 bits per heavy atom. The number of aromatic nitrogens is 2. The molecule has 0 spiro atoms. The lowest BCUT2D eigenvalue weighted by molar-refractivity contribution is 0.250. The first kappa shape index (κ1) is 14.9. The van der Waals surface area contributed by atoms with Crippen molar-refractivity contribution in [1.82, 2.24) is 15.1 Å². The average Bonchev–Trinajstić information content (AvgIpc) is 2.88. The van der Waals surface area contributed by atoms with Gasteiger partial charge < -0.3 is 5.32 Å². The van der Waals surface area contributed by atoms with Crippen molar-refractivity contribution in [3.8, 4) is 0 Å². The van der Waals surface area contributed by atoms with Crippen molar-refractivity contribution in [2.75, 3.05) is 12.4 Å². The fourth-order valence-electron chi connectivity index (χ4n) is 2.90. The molecular weight excluding hydrogens is 258 g/mol. The Hall–Kier alpha value is -0.540. The molecule has 0 radical (unpaired) electrons. The lowest BCUT2D eigenvalue weighted by Gasteiger charge is -2.30. The molecule has 1 aliphatic carbocycles. The van der Waals surface area contributed by atoms with Crippen LogP contribution in [0.4, 0.5) is 0 Å². The van der Waals surface area contributed by atoms with Gasteiger partial charge in [-0.05, 0) is 51.1 Å². The molecule has 1 heterocycles. The second kappa shape index (κ2) is 7.30. The molecule has 1 fully saturated rings. The first-order valence-electron chi connectivity index (χ1n) is 7.51. The summed E-state index contributed by atoms with van der Waals surface area (Å²) in [6.07, 6.45) is 7.40. The molecule has 2 atom stereocenters. The van der Waals surface area contributed by atoms with Crippen LogP contribution in [0.3, 0.4) is 0 Å². The van der Waals surface area contributed by atoms with Crippen molar-refractivity contribution in [3.05, 3.63) is 18.0 Å². The van der Waals surface area contributed by atoms with E-state index in [4.69, 9.17) is 11.6 Å². The molecule has 0 saturated heterocycles. The predicted molar refractivity (Wildman–Crippen MR) is 80.5 cm³/mol. The van der Waals surface area contributed by atoms with Crippen molar-refractivity contribution >= 4 is 11.6 Å². The molecule has 4 heteroatoms. The molecule has 2 rings (SSSR count). The highest BCUT2D eigenvalue weighted by molar-refractivity contribution is 6.18. The highest BCUT2D eigenvalue weighted by Gasteiger charge is 2.23. The second-order valence-electron chi connectivity index (χ2n) is 5.97. The molecule has 1 saturated carbocycles. The summed E-state index contributed by atoms with van der Waals surface area (Å²) in [5.74, 6) is 2.27. The van der Waals surface area contributed by atoms with Gasteiger partial charge in [0.25, 0.3) is 0 Å². The Bertz CT molecular complexity index is 375. The minimum atomic E-state index is 0.438. The molecule has 0 bridgehead atoms. The van der Waals surface area contributed by atoms with Gasteiger partial charge in [0.1, 0.15) is 0 Å². The van der Waals surface area contributed by atoms with E-state index < -0.39 is 0 Å². The summed E-state index contributed by atoms with van der Waals surface area (Å²) < 4.78 is 2.01. The van der Waals surface area contributed by atoms with E-state index in [-0.39, 0.29) is 0 Å². The second-order valence-corrected chi connectivity index (χ2v) is 6.28. The van der Waals surface area contributed by atoms with E-state index in [0.29, 0.717) is 12.0 Å². The van der Waals surface area contributed by atoms with Crippen molar-refractivity contribution in [3.63, 3.8) is 0 Å². The number of alkyl halides is 1. The summed E-state index contributed by atoms with van der Waals surface area (Å²) >= 11 is 6.07. The maximum Gasteiger partial charge on any atom is 0.0762 e. The minimum Gasteiger partial charge on any atom is -0.311 e. The molecule has 19 heavy (non-hydrogen) atoms. The lowest BCUT2D eigenvalue weighted by atomic mass is 9.80. The van der Waals surface area contributed by atoms with Gasteiger partial charge in [-0.1, -0.05) is 12.8 Å². The molecule has 0 aromatic carbocycles. The number of hydrogen-bond acceptors (Lipinski definition) is 2. The number of halogens is 1. The van der Waals surface area contributed by atoms with Crippen LogP contribution < -0.4 is 5.32 Å². The Labute approximate surface area is 121 Å². The fourth-order valence-corrected chi connectivity index (χ4v) is 3.31. The highest BCUT2D eigenvalue weighted by Crippen LogP contribution is 2.30. The van der Waals surface area contributed by atoms with Crippen LogP contribution >= 0.6 is 11.6 Å². The first-order chi connectivity index (χ1) is 9.20. The SMILES string of the molecule is CC(C)n1ccc(CNCC2CCCCC2CCl)n1. The predicted octanol–water partition coefficient (Wildman–Crippen LogP) is 3.60. The van der Waals surface area contributed by atoms with Crippen molar-refractivity contribution in [1.29, 1.82) is 0 Å². The van der Waals surface area contributed by atoms with Gasteiger partial charge in [-0.25, -0.2) is 0 Å². The zero-order valence-electron chi connectivity index (χ0n) is 12.1. The largest absolute Gasteiger partial charge is 0.311 e. The minimum absolute atomic E-state index is 0.438. The Balaban J connectivity index is 1.75. The van der Waals surface area contributed by atoms with Crippen molar-refractivity contribution in [2.45, 2.75) is 52.1 Å². The molecule has 1 aromatic heterocycles. The molecule has 0 aliphatic heterocycles. The Morgan fingerprint density at radius 1 is 1.37 bits per heavy atom. The first-order valence-corrected chi connectivity index (χ1v) is 8.05. The van der Waals surface area contributed by atoms with E-state index in [1.54, 1.807) is 0 Å². The van der Waals surface area contributed by atoms with E-state index >= 15 is 0 Å². The summed E-state index contributed by atoms with van der Waals surface area (Å²) in [4.78, 5) is 0. The van der Waals surface area contributed by atoms with Gasteiger partial charge in [0.2, 0.25) is 0 Å². The summed E-state index contributed by atoms with van der Waals surface area (Å²) in [6, 6.07) is 2.54. The summed E-state index contributed by atoms with van der Waals surface area (Å²) in [5, 5.41) is 8.11. The molecule has 1 aromatic rings. The van der Waals surface area contributed by atoms with Crippen molar-refractivity contribution < 1.29 is 0 Å². The summed E-state index contributed by atoms with van der Waals surface area (Å²) in [5.41, 5.74) is 1.13. The summed E-state index contributed by atoms with van der Waals surface area (Å²) in [7, 11) is 0. The number of hydrogen-bond donors (Lipinski definition) is 1. The van der Waals surface area contributed by atoms with Gasteiger partial charge in [-0.2, -0.15) is 5.10 Å². The number of nitrogens with zero attached hydrogens (tertiary/aromatic N) is 2. The smallest absolute Gasteiger partial charge is 0.0762 e. The van der Waals surface area contributed by atoms with Crippen LogP contribution in [-0.2, 0) is 6.54 Å². The third-order valence-corrected chi connectivity index (χ3v) is 4.57. The van der Waals surface area contributed by atoms with Crippen LogP contribution in [0.15, 0.2) is 12.3 Å². The molecule has 108 valence electrons. The van der Waals surface area contributed by atoms with E-state index in [1.807, 2.05) is 4.68 Å². The van der Waals surface area contributed by atoms with E-state index in [0.717, 1.165) is 30.6 Å². The van der Waals surface area contributed by atoms with E-state index in [2.05, 4.69) is 36.5 Å². The normalized spacial score (nSPS) is 24.0. The monoisotopic (exact) mass is 283 g/mol. The average molecular weight is 284 g/mol. The van der Waals surface area contributed by atoms with E-state index in [9.17, 15) is 0 Å². The van der Waals surface area contributed by atoms with E-state index in [1.165, 1.54) is 25.7 Å². The Morgan fingerprint density at radius 3 is 2.74 bits per heavy atom. The van der Waals surface area contributed by atoms with Crippen LogP contribution in [0.25, 0.3) is 0 Å². The van der Waals surface area contributed by atoms with Gasteiger partial charge in [-0.15, -0.1) is 11.6 Å². The number of rotatable bonds is 6. The molecule has 2 unspecified atom stereocenters. The highest BCUT2D eigenvalue weighted by atomic mass is 35.5. The van der Waals surface area contributed by atoms with Gasteiger partial charge >= 0.3 is 0 Å². The zero-order valence-corrected chi connectivity index (χ0v) is 12.9. The maximum absolute atomic E-state index is 6.07. The van der Waals surface area contributed by atoms with Gasteiger partial charge in [0.05, 0.1) is 5.69 Å². The molecule has 1 aliphatic rings. The molecule has 0 amide bonds. The Kier molecular flexibility index (Phi) is 5.71. The van der Waals surface area contributed by atoms with Crippen LogP contribution in [0, 0.1) is 11.8 Å². The van der Waals surface area contributed by atoms with Crippen molar-refractivity contribution in [2.24, 2.45) is 11.8 Å². The van der Waals surface area contributed by atoms with Crippen LogP contribution in [-0.4, -0.2) is 22.2 Å². The standard InChI is InChI=1S/C15H26ClN3/c1-12(2)19-8-7-15(18-19)11-17-10-14-6-4-3-5-13(14)9-16/h7-8,12-14,17H,3-6,9-11H2,1-2H3. The molecule has 3 nitrogen and oxygen atoms in total. The molecular formula is C15H26ClN3. The zero-order chi connectivity index (χ0) is 13.7. The molecule has 1 N–H and O–H groups in total.